The van der Waals surface area contributed by atoms with E-state index in [-0.39, 0.29) is 12.5 Å². The van der Waals surface area contributed by atoms with Gasteiger partial charge in [0.25, 0.3) is 5.91 Å². The van der Waals surface area contributed by atoms with Gasteiger partial charge in [-0.15, -0.1) is 0 Å². The van der Waals surface area contributed by atoms with Crippen molar-refractivity contribution in [2.75, 3.05) is 32.8 Å². The van der Waals surface area contributed by atoms with Gasteiger partial charge in [-0.25, -0.2) is 0 Å². The third-order valence-corrected chi connectivity index (χ3v) is 3.64. The van der Waals surface area contributed by atoms with Crippen molar-refractivity contribution in [2.24, 2.45) is 5.92 Å². The lowest BCUT2D eigenvalue weighted by Gasteiger charge is -2.31. The number of rotatable bonds is 5. The Morgan fingerprint density at radius 2 is 2.47 bits per heavy atom. The van der Waals surface area contributed by atoms with Crippen LogP contribution in [0.1, 0.15) is 29.0 Å². The molecule has 5 heteroatoms. The van der Waals surface area contributed by atoms with Crippen LogP contribution in [0.2, 0.25) is 0 Å². The van der Waals surface area contributed by atoms with Crippen molar-refractivity contribution < 1.29 is 14.3 Å². The minimum Gasteiger partial charge on any atom is -0.459 e. The van der Waals surface area contributed by atoms with Gasteiger partial charge in [-0.1, -0.05) is 0 Å². The fourth-order valence-electron chi connectivity index (χ4n) is 2.52. The number of carbonyl (C=O) groups excluding carboxylic acids is 1. The van der Waals surface area contributed by atoms with Gasteiger partial charge in [-0.3, -0.25) is 4.79 Å². The lowest BCUT2D eigenvalue weighted by molar-refractivity contribution is 0.0903. The highest BCUT2D eigenvalue weighted by molar-refractivity contribution is 5.92. The van der Waals surface area contributed by atoms with Gasteiger partial charge in [0.05, 0.1) is 6.26 Å². The SMILES string of the molecule is Cc1ccoc1C(=O)NCCN1CCCC(CO)C1. The molecule has 1 fully saturated rings. The molecule has 1 saturated heterocycles. The number of aliphatic hydroxyl groups is 1. The van der Waals surface area contributed by atoms with Gasteiger partial charge in [0.1, 0.15) is 0 Å². The van der Waals surface area contributed by atoms with Crippen LogP contribution in [0.5, 0.6) is 0 Å². The second-order valence-corrected chi connectivity index (χ2v) is 5.18. The molecule has 1 atom stereocenters. The first-order valence-corrected chi connectivity index (χ1v) is 6.86. The predicted molar refractivity (Wildman–Crippen MR) is 72.0 cm³/mol. The highest BCUT2D eigenvalue weighted by Crippen LogP contribution is 2.15. The van der Waals surface area contributed by atoms with Crippen LogP contribution in [0.4, 0.5) is 0 Å². The molecule has 2 rings (SSSR count). The van der Waals surface area contributed by atoms with Gasteiger partial charge in [0.15, 0.2) is 5.76 Å². The summed E-state index contributed by atoms with van der Waals surface area (Å²) in [6, 6.07) is 1.78. The number of piperidine rings is 1. The first-order chi connectivity index (χ1) is 9.20. The Morgan fingerprint density at radius 1 is 1.63 bits per heavy atom. The summed E-state index contributed by atoms with van der Waals surface area (Å²) in [6.45, 7) is 5.51. The van der Waals surface area contributed by atoms with E-state index >= 15 is 0 Å². The summed E-state index contributed by atoms with van der Waals surface area (Å²) in [5.74, 6) is 0.627. The number of hydrogen-bond acceptors (Lipinski definition) is 4. The van der Waals surface area contributed by atoms with Crippen LogP contribution in [0.15, 0.2) is 16.7 Å². The van der Waals surface area contributed by atoms with Crippen molar-refractivity contribution in [3.8, 4) is 0 Å². The van der Waals surface area contributed by atoms with E-state index in [9.17, 15) is 4.79 Å². The number of carbonyl (C=O) groups is 1. The molecule has 1 aliphatic rings. The standard InChI is InChI=1S/C14H22N2O3/c1-11-4-8-19-13(11)14(18)15-5-7-16-6-2-3-12(9-16)10-17/h4,8,12,17H,2-3,5-7,9-10H2,1H3,(H,15,18). The number of nitrogens with zero attached hydrogens (tertiary/aromatic N) is 1. The average Bonchev–Trinajstić information content (AvgIpc) is 2.85. The molecule has 1 aliphatic heterocycles. The fraction of sp³-hybridized carbons (Fsp3) is 0.643. The summed E-state index contributed by atoms with van der Waals surface area (Å²) in [7, 11) is 0. The van der Waals surface area contributed by atoms with Crippen molar-refractivity contribution in [3.05, 3.63) is 23.7 Å². The van der Waals surface area contributed by atoms with Gasteiger partial charge in [0, 0.05) is 31.8 Å². The molecular formula is C14H22N2O3. The molecule has 2 heterocycles. The number of furan rings is 1. The van der Waals surface area contributed by atoms with Gasteiger partial charge in [0.2, 0.25) is 0 Å². The minimum absolute atomic E-state index is 0.154. The van der Waals surface area contributed by atoms with Crippen molar-refractivity contribution in [1.82, 2.24) is 10.2 Å². The van der Waals surface area contributed by atoms with Crippen molar-refractivity contribution in [3.63, 3.8) is 0 Å². The Balaban J connectivity index is 1.72. The van der Waals surface area contributed by atoms with E-state index in [4.69, 9.17) is 9.52 Å². The summed E-state index contributed by atoms with van der Waals surface area (Å²) < 4.78 is 5.14. The Kier molecular flexibility index (Phi) is 4.99. The highest BCUT2D eigenvalue weighted by atomic mass is 16.3. The molecule has 2 N–H and O–H groups in total. The van der Waals surface area contributed by atoms with Crippen molar-refractivity contribution in [1.29, 1.82) is 0 Å². The van der Waals surface area contributed by atoms with E-state index in [0.717, 1.165) is 38.0 Å². The molecule has 1 unspecified atom stereocenters. The van der Waals surface area contributed by atoms with Crippen LogP contribution >= 0.6 is 0 Å². The molecule has 5 nitrogen and oxygen atoms in total. The first-order valence-electron chi connectivity index (χ1n) is 6.86. The zero-order valence-corrected chi connectivity index (χ0v) is 11.4. The van der Waals surface area contributed by atoms with E-state index in [1.807, 2.05) is 6.92 Å². The number of aliphatic hydroxyl groups excluding tert-OH is 1. The van der Waals surface area contributed by atoms with E-state index in [1.54, 1.807) is 6.07 Å². The molecule has 0 aromatic carbocycles. The van der Waals surface area contributed by atoms with Crippen LogP contribution in [-0.4, -0.2) is 48.7 Å². The maximum atomic E-state index is 11.8. The van der Waals surface area contributed by atoms with Crippen LogP contribution in [-0.2, 0) is 0 Å². The van der Waals surface area contributed by atoms with E-state index in [2.05, 4.69) is 10.2 Å². The number of amides is 1. The predicted octanol–water partition coefficient (Wildman–Crippen LogP) is 1.02. The maximum absolute atomic E-state index is 11.8. The Hall–Kier alpha value is -1.33. The molecule has 1 aromatic heterocycles. The van der Waals surface area contributed by atoms with E-state index in [1.165, 1.54) is 6.26 Å². The van der Waals surface area contributed by atoms with Crippen LogP contribution < -0.4 is 5.32 Å². The van der Waals surface area contributed by atoms with Gasteiger partial charge in [-0.2, -0.15) is 0 Å². The molecule has 106 valence electrons. The number of nitrogens with one attached hydrogen (secondary N) is 1. The molecule has 0 bridgehead atoms. The minimum atomic E-state index is -0.154. The van der Waals surface area contributed by atoms with Crippen LogP contribution in [0.25, 0.3) is 0 Å². The molecule has 19 heavy (non-hydrogen) atoms. The molecule has 0 spiro atoms. The lowest BCUT2D eigenvalue weighted by Crippen LogP contribution is -2.41. The van der Waals surface area contributed by atoms with Crippen LogP contribution in [0.3, 0.4) is 0 Å². The molecule has 0 aliphatic carbocycles. The molecule has 0 saturated carbocycles. The average molecular weight is 266 g/mol. The van der Waals surface area contributed by atoms with Gasteiger partial charge in [-0.05, 0) is 38.3 Å². The Morgan fingerprint density at radius 3 is 3.16 bits per heavy atom. The first kappa shape index (κ1) is 14.1. The number of likely N-dealkylation sites (tertiary alicyclic amines) is 1. The second-order valence-electron chi connectivity index (χ2n) is 5.18. The topological polar surface area (TPSA) is 65.7 Å². The summed E-state index contributed by atoms with van der Waals surface area (Å²) in [5, 5.41) is 12.0. The zero-order chi connectivity index (χ0) is 13.7. The quantitative estimate of drug-likeness (QED) is 0.835. The molecule has 1 aromatic rings. The van der Waals surface area contributed by atoms with E-state index in [0.29, 0.717) is 18.2 Å². The number of aryl methyl sites for hydroxylation is 1. The molecular weight excluding hydrogens is 244 g/mol. The lowest BCUT2D eigenvalue weighted by atomic mass is 9.99. The maximum Gasteiger partial charge on any atom is 0.287 e. The van der Waals surface area contributed by atoms with Gasteiger partial charge < -0.3 is 19.7 Å². The van der Waals surface area contributed by atoms with E-state index < -0.39 is 0 Å². The summed E-state index contributed by atoms with van der Waals surface area (Å²) in [4.78, 5) is 14.1. The summed E-state index contributed by atoms with van der Waals surface area (Å²) in [5.41, 5.74) is 0.857. The zero-order valence-electron chi connectivity index (χ0n) is 11.4. The summed E-state index contributed by atoms with van der Waals surface area (Å²) in [6.07, 6.45) is 3.75. The largest absolute Gasteiger partial charge is 0.459 e. The fourth-order valence-corrected chi connectivity index (χ4v) is 2.52. The molecule has 1 amide bonds. The van der Waals surface area contributed by atoms with Crippen molar-refractivity contribution in [2.45, 2.75) is 19.8 Å². The van der Waals surface area contributed by atoms with Crippen molar-refractivity contribution >= 4 is 5.91 Å². The highest BCUT2D eigenvalue weighted by Gasteiger charge is 2.19. The van der Waals surface area contributed by atoms with Gasteiger partial charge >= 0.3 is 0 Å². The Labute approximate surface area is 113 Å². The summed E-state index contributed by atoms with van der Waals surface area (Å²) >= 11 is 0. The van der Waals surface area contributed by atoms with Crippen LogP contribution in [0, 0.1) is 12.8 Å². The normalized spacial score (nSPS) is 20.4. The number of hydrogen-bond donors (Lipinski definition) is 2. The molecule has 0 radical (unpaired) electrons. The third kappa shape index (κ3) is 3.81. The smallest absolute Gasteiger partial charge is 0.287 e. The second kappa shape index (κ2) is 6.73. The monoisotopic (exact) mass is 266 g/mol. The third-order valence-electron chi connectivity index (χ3n) is 3.64. The Bertz CT molecular complexity index is 417.